The normalized spacial score (nSPS) is 17.1. The van der Waals surface area contributed by atoms with E-state index in [0.717, 1.165) is 16.7 Å². The summed E-state index contributed by atoms with van der Waals surface area (Å²) in [5.41, 5.74) is 2.66. The molecular formula is C26H17ClN4O. The number of aromatic nitrogens is 2. The maximum absolute atomic E-state index is 14.3. The van der Waals surface area contributed by atoms with E-state index in [1.54, 1.807) is 47.8 Å². The highest BCUT2D eigenvalue weighted by atomic mass is 35.5. The third kappa shape index (κ3) is 3.13. The fourth-order valence-corrected chi connectivity index (χ4v) is 4.48. The first-order valence-electron chi connectivity index (χ1n) is 10.1. The average Bonchev–Trinajstić information content (AvgIpc) is 3.09. The zero-order valence-electron chi connectivity index (χ0n) is 16.9. The quantitative estimate of drug-likeness (QED) is 0.440. The molecular weight excluding hydrogens is 420 g/mol. The summed E-state index contributed by atoms with van der Waals surface area (Å²) in [5, 5.41) is 10.1. The molecule has 0 spiro atoms. The Morgan fingerprint density at radius 3 is 2.50 bits per heavy atom. The van der Waals surface area contributed by atoms with Crippen LogP contribution in [0.1, 0.15) is 22.3 Å². The number of rotatable bonds is 4. The topological polar surface area (TPSA) is 69.9 Å². The molecule has 2 aromatic heterocycles. The smallest absolute Gasteiger partial charge is 0.248 e. The molecule has 0 bridgehead atoms. The Kier molecular flexibility index (Phi) is 4.93. The van der Waals surface area contributed by atoms with Crippen LogP contribution in [0.25, 0.3) is 0 Å². The molecule has 1 unspecified atom stereocenters. The second-order valence-corrected chi connectivity index (χ2v) is 8.06. The summed E-state index contributed by atoms with van der Waals surface area (Å²) in [5.74, 6) is 0.455. The van der Waals surface area contributed by atoms with Crippen LogP contribution in [0.3, 0.4) is 0 Å². The summed E-state index contributed by atoms with van der Waals surface area (Å²) in [7, 11) is 0. The number of hydrogen-bond acceptors (Lipinski definition) is 4. The van der Waals surface area contributed by atoms with Crippen LogP contribution >= 0.6 is 11.6 Å². The number of pyridine rings is 2. The van der Waals surface area contributed by atoms with Gasteiger partial charge in [-0.15, -0.1) is 0 Å². The van der Waals surface area contributed by atoms with Gasteiger partial charge in [0.15, 0.2) is 0 Å². The van der Waals surface area contributed by atoms with E-state index < -0.39 is 5.41 Å². The van der Waals surface area contributed by atoms with Gasteiger partial charge in [-0.3, -0.25) is 14.7 Å². The number of carbonyl (C=O) groups is 1. The number of nitrogens with zero attached hydrogens (tertiary/aromatic N) is 4. The summed E-state index contributed by atoms with van der Waals surface area (Å²) in [4.78, 5) is 24.7. The van der Waals surface area contributed by atoms with E-state index in [2.05, 4.69) is 16.0 Å². The average molecular weight is 437 g/mol. The van der Waals surface area contributed by atoms with Crippen molar-refractivity contribution >= 4 is 29.0 Å². The predicted molar refractivity (Wildman–Crippen MR) is 123 cm³/mol. The molecule has 0 radical (unpaired) electrons. The van der Waals surface area contributed by atoms with Crippen molar-refractivity contribution in [3.05, 3.63) is 119 Å². The van der Waals surface area contributed by atoms with Gasteiger partial charge in [-0.2, -0.15) is 5.26 Å². The molecule has 1 aliphatic heterocycles. The van der Waals surface area contributed by atoms with Gasteiger partial charge in [-0.25, -0.2) is 4.98 Å². The molecule has 0 fully saturated rings. The van der Waals surface area contributed by atoms with Crippen LogP contribution in [-0.4, -0.2) is 15.9 Å². The van der Waals surface area contributed by atoms with E-state index in [-0.39, 0.29) is 5.91 Å². The van der Waals surface area contributed by atoms with Crippen molar-refractivity contribution in [1.82, 2.24) is 9.97 Å². The molecule has 32 heavy (non-hydrogen) atoms. The maximum atomic E-state index is 14.3. The van der Waals surface area contributed by atoms with Crippen LogP contribution in [0.5, 0.6) is 0 Å². The number of hydrogen-bond donors (Lipinski definition) is 0. The van der Waals surface area contributed by atoms with Gasteiger partial charge < -0.3 is 0 Å². The maximum Gasteiger partial charge on any atom is 0.248 e. The van der Waals surface area contributed by atoms with Gasteiger partial charge in [0.25, 0.3) is 0 Å². The molecule has 5 nitrogen and oxygen atoms in total. The SMILES string of the molecule is N#Cc1cccc(C2(Cc3ccncc3)C(=O)N(c3ccc(Cl)cc3)c3ncccc32)c1. The van der Waals surface area contributed by atoms with E-state index >= 15 is 0 Å². The van der Waals surface area contributed by atoms with E-state index in [0.29, 0.717) is 28.5 Å². The number of anilines is 2. The monoisotopic (exact) mass is 436 g/mol. The third-order valence-electron chi connectivity index (χ3n) is 5.81. The van der Waals surface area contributed by atoms with Crippen molar-refractivity contribution in [2.45, 2.75) is 11.8 Å². The van der Waals surface area contributed by atoms with Gasteiger partial charge in [0.1, 0.15) is 11.2 Å². The van der Waals surface area contributed by atoms with Gasteiger partial charge in [-0.05, 0) is 72.1 Å². The lowest BCUT2D eigenvalue weighted by molar-refractivity contribution is -0.121. The molecule has 1 atom stereocenters. The molecule has 2 aromatic carbocycles. The Hall–Kier alpha value is -4.01. The number of benzene rings is 2. The van der Waals surface area contributed by atoms with Crippen molar-refractivity contribution in [2.24, 2.45) is 0 Å². The minimum Gasteiger partial charge on any atom is -0.273 e. The van der Waals surface area contributed by atoms with Gasteiger partial charge in [0.05, 0.1) is 17.3 Å². The first-order chi connectivity index (χ1) is 15.6. The van der Waals surface area contributed by atoms with Gasteiger partial charge in [-0.1, -0.05) is 29.8 Å². The van der Waals surface area contributed by atoms with Gasteiger partial charge >= 0.3 is 0 Å². The molecule has 6 heteroatoms. The number of nitriles is 1. The van der Waals surface area contributed by atoms with Crippen LogP contribution in [0.15, 0.2) is 91.4 Å². The standard InChI is InChI=1S/C26H17ClN4O/c27-21-6-8-22(9-7-21)31-24-23(5-2-12-30-24)26(25(31)32,16-18-10-13-29-14-11-18)20-4-1-3-19(15-20)17-28/h1-15H,16H2. The molecule has 1 aliphatic rings. The first kappa shape index (κ1) is 19.9. The van der Waals surface area contributed by atoms with Crippen molar-refractivity contribution in [3.63, 3.8) is 0 Å². The highest BCUT2D eigenvalue weighted by Gasteiger charge is 2.53. The molecule has 154 valence electrons. The summed E-state index contributed by atoms with van der Waals surface area (Å²) in [6.45, 7) is 0. The largest absolute Gasteiger partial charge is 0.273 e. The number of fused-ring (bicyclic) bond motifs is 1. The Morgan fingerprint density at radius 2 is 1.75 bits per heavy atom. The molecule has 0 saturated carbocycles. The molecule has 1 amide bonds. The Bertz CT molecular complexity index is 1350. The van der Waals surface area contributed by atoms with Crippen molar-refractivity contribution in [3.8, 4) is 6.07 Å². The second kappa shape index (κ2) is 7.92. The van der Waals surface area contributed by atoms with E-state index in [4.69, 9.17) is 11.6 Å². The van der Waals surface area contributed by atoms with Gasteiger partial charge in [0, 0.05) is 29.2 Å². The number of amides is 1. The zero-order chi connectivity index (χ0) is 22.1. The molecule has 0 N–H and O–H groups in total. The van der Waals surface area contributed by atoms with E-state index in [9.17, 15) is 10.1 Å². The van der Waals surface area contributed by atoms with Crippen LogP contribution in [0.4, 0.5) is 11.5 Å². The van der Waals surface area contributed by atoms with Crippen LogP contribution in [-0.2, 0) is 16.6 Å². The van der Waals surface area contributed by atoms with Crippen LogP contribution in [0, 0.1) is 11.3 Å². The summed E-state index contributed by atoms with van der Waals surface area (Å²) < 4.78 is 0. The number of carbonyl (C=O) groups excluding carboxylic acids is 1. The van der Waals surface area contributed by atoms with Crippen molar-refractivity contribution in [1.29, 1.82) is 5.26 Å². The van der Waals surface area contributed by atoms with E-state index in [1.165, 1.54) is 0 Å². The fraction of sp³-hybridized carbons (Fsp3) is 0.0769. The Labute approximate surface area is 190 Å². The lowest BCUT2D eigenvalue weighted by Gasteiger charge is -2.30. The van der Waals surface area contributed by atoms with Crippen LogP contribution in [0.2, 0.25) is 5.02 Å². The summed E-state index contributed by atoms with van der Waals surface area (Å²) in [6.07, 6.45) is 5.53. The second-order valence-electron chi connectivity index (χ2n) is 7.62. The Morgan fingerprint density at radius 1 is 0.969 bits per heavy atom. The van der Waals surface area contributed by atoms with Crippen LogP contribution < -0.4 is 4.90 Å². The minimum atomic E-state index is -1.04. The van der Waals surface area contributed by atoms with Crippen molar-refractivity contribution in [2.75, 3.05) is 4.90 Å². The third-order valence-corrected chi connectivity index (χ3v) is 6.07. The fourth-order valence-electron chi connectivity index (χ4n) is 4.35. The Balaban J connectivity index is 1.78. The lowest BCUT2D eigenvalue weighted by atomic mass is 9.71. The van der Waals surface area contributed by atoms with Gasteiger partial charge in [0.2, 0.25) is 5.91 Å². The highest BCUT2D eigenvalue weighted by molar-refractivity contribution is 6.30. The lowest BCUT2D eigenvalue weighted by Crippen LogP contribution is -2.41. The summed E-state index contributed by atoms with van der Waals surface area (Å²) >= 11 is 6.09. The molecule has 5 rings (SSSR count). The minimum absolute atomic E-state index is 0.125. The molecule has 3 heterocycles. The molecule has 0 aliphatic carbocycles. The number of halogens is 1. The first-order valence-corrected chi connectivity index (χ1v) is 10.5. The molecule has 0 saturated heterocycles. The van der Waals surface area contributed by atoms with E-state index in [1.807, 2.05) is 48.5 Å². The summed E-state index contributed by atoms with van der Waals surface area (Å²) in [6, 6.07) is 24.2. The van der Waals surface area contributed by atoms with Crippen molar-refractivity contribution < 1.29 is 4.79 Å². The zero-order valence-corrected chi connectivity index (χ0v) is 17.7. The highest BCUT2D eigenvalue weighted by Crippen LogP contribution is 2.50. The molecule has 4 aromatic rings. The predicted octanol–water partition coefficient (Wildman–Crippen LogP) is 5.21.